The van der Waals surface area contributed by atoms with Crippen LogP contribution in [0.2, 0.25) is 0 Å². The van der Waals surface area contributed by atoms with Gasteiger partial charge in [-0.15, -0.1) is 0 Å². The molecule has 3 N–H and O–H groups in total. The molecular formula is C32H41N3O6S. The van der Waals surface area contributed by atoms with Gasteiger partial charge in [0.05, 0.1) is 6.10 Å². The molecule has 0 spiro atoms. The Morgan fingerprint density at radius 1 is 0.881 bits per heavy atom. The molecule has 0 saturated carbocycles. The number of aryl methyl sites for hydroxylation is 1. The van der Waals surface area contributed by atoms with Gasteiger partial charge in [-0.05, 0) is 60.9 Å². The van der Waals surface area contributed by atoms with Crippen molar-refractivity contribution in [3.63, 3.8) is 0 Å². The summed E-state index contributed by atoms with van der Waals surface area (Å²) in [6.07, 6.45) is -0.692. The maximum absolute atomic E-state index is 14.1. The largest absolute Gasteiger partial charge is 0.465 e. The zero-order valence-electron chi connectivity index (χ0n) is 24.4. The first kappa shape index (κ1) is 32.6. The van der Waals surface area contributed by atoms with Crippen LogP contribution in [0, 0.1) is 5.92 Å². The lowest BCUT2D eigenvalue weighted by molar-refractivity contribution is -0.136. The average Bonchev–Trinajstić information content (AvgIpc) is 2.94. The molecule has 2 atom stereocenters. The van der Waals surface area contributed by atoms with Crippen LogP contribution in [-0.4, -0.2) is 58.9 Å². The normalized spacial score (nSPS) is 12.9. The monoisotopic (exact) mass is 595 g/mol. The lowest BCUT2D eigenvalue weighted by atomic mass is 10.0. The van der Waals surface area contributed by atoms with Gasteiger partial charge >= 0.3 is 6.09 Å². The van der Waals surface area contributed by atoms with Gasteiger partial charge in [-0.25, -0.2) is 13.2 Å². The van der Waals surface area contributed by atoms with E-state index in [-0.39, 0.29) is 31.1 Å². The van der Waals surface area contributed by atoms with Gasteiger partial charge < -0.3 is 15.1 Å². The van der Waals surface area contributed by atoms with Crippen LogP contribution in [0.3, 0.4) is 0 Å². The minimum atomic E-state index is -4.08. The molecule has 42 heavy (non-hydrogen) atoms. The van der Waals surface area contributed by atoms with E-state index in [1.165, 1.54) is 11.0 Å². The van der Waals surface area contributed by atoms with Crippen molar-refractivity contribution < 1.29 is 28.2 Å². The summed E-state index contributed by atoms with van der Waals surface area (Å²) in [5.74, 6) is -1.23. The van der Waals surface area contributed by atoms with Gasteiger partial charge in [-0.1, -0.05) is 86.6 Å². The molecule has 3 rings (SSSR count). The maximum atomic E-state index is 14.1. The fourth-order valence-corrected chi connectivity index (χ4v) is 5.96. The Morgan fingerprint density at radius 3 is 2.07 bits per heavy atom. The highest BCUT2D eigenvalue weighted by Gasteiger charge is 2.35. The molecular weight excluding hydrogens is 554 g/mol. The summed E-state index contributed by atoms with van der Waals surface area (Å²) in [6.45, 7) is 5.50. The van der Waals surface area contributed by atoms with E-state index < -0.39 is 40.0 Å². The molecule has 0 bridgehead atoms. The van der Waals surface area contributed by atoms with E-state index in [9.17, 15) is 28.2 Å². The van der Waals surface area contributed by atoms with Gasteiger partial charge in [-0.2, -0.15) is 0 Å². The Hall–Kier alpha value is -3.89. The Balaban J connectivity index is 1.90. The van der Waals surface area contributed by atoms with Crippen molar-refractivity contribution in [3.8, 4) is 0 Å². The number of nitrogens with zero attached hydrogens (tertiary/aromatic N) is 2. The number of nitrogens with one attached hydrogen (secondary N) is 1. The Labute approximate surface area is 248 Å². The summed E-state index contributed by atoms with van der Waals surface area (Å²) in [6, 6.07) is 24.0. The van der Waals surface area contributed by atoms with Gasteiger partial charge in [0.2, 0.25) is 5.91 Å². The molecule has 0 aliphatic heterocycles. The maximum Gasteiger partial charge on any atom is 0.408 e. The number of carbonyl (C=O) groups is 2. The topological polar surface area (TPSA) is 127 Å². The third-order valence-electron chi connectivity index (χ3n) is 6.81. The second kappa shape index (κ2) is 15.4. The summed E-state index contributed by atoms with van der Waals surface area (Å²) < 4.78 is 29.3. The number of amides is 2. The van der Waals surface area contributed by atoms with Crippen molar-refractivity contribution in [1.29, 1.82) is 0 Å². The van der Waals surface area contributed by atoms with Crippen LogP contribution in [0.1, 0.15) is 56.4 Å². The van der Waals surface area contributed by atoms with Gasteiger partial charge in [0.25, 0.3) is 10.0 Å². The van der Waals surface area contributed by atoms with Crippen LogP contribution < -0.4 is 4.72 Å². The second-order valence-electron chi connectivity index (χ2n) is 10.9. The van der Waals surface area contributed by atoms with Crippen LogP contribution in [-0.2, 0) is 27.8 Å². The van der Waals surface area contributed by atoms with Gasteiger partial charge in [0.1, 0.15) is 11.9 Å². The van der Waals surface area contributed by atoms with Gasteiger partial charge in [-0.3, -0.25) is 14.4 Å². The van der Waals surface area contributed by atoms with Crippen molar-refractivity contribution in [2.75, 3.05) is 17.1 Å². The van der Waals surface area contributed by atoms with E-state index in [4.69, 9.17) is 0 Å². The minimum absolute atomic E-state index is 0.00566. The minimum Gasteiger partial charge on any atom is -0.465 e. The van der Waals surface area contributed by atoms with Crippen molar-refractivity contribution >= 4 is 27.7 Å². The van der Waals surface area contributed by atoms with Crippen molar-refractivity contribution in [2.45, 2.75) is 58.7 Å². The number of hydrogen-bond acceptors (Lipinski definition) is 5. The quantitative estimate of drug-likeness (QED) is 0.213. The predicted octanol–water partition coefficient (Wildman–Crippen LogP) is 5.50. The zero-order valence-corrected chi connectivity index (χ0v) is 25.2. The molecule has 2 amide bonds. The van der Waals surface area contributed by atoms with E-state index in [1.807, 2.05) is 50.2 Å². The summed E-state index contributed by atoms with van der Waals surface area (Å²) >= 11 is 0. The second-order valence-corrected chi connectivity index (χ2v) is 12.6. The fraction of sp³-hybridized carbons (Fsp3) is 0.375. The average molecular weight is 596 g/mol. The van der Waals surface area contributed by atoms with Crippen molar-refractivity contribution in [1.82, 2.24) is 9.80 Å². The van der Waals surface area contributed by atoms with Crippen LogP contribution in [0.15, 0.2) is 84.9 Å². The fourth-order valence-electron chi connectivity index (χ4n) is 4.75. The summed E-state index contributed by atoms with van der Waals surface area (Å²) in [5, 5.41) is 20.1. The highest BCUT2D eigenvalue weighted by atomic mass is 32.2. The Bertz CT molecular complexity index is 1400. The molecule has 0 fully saturated rings. The molecule has 0 aliphatic rings. The van der Waals surface area contributed by atoms with Crippen LogP contribution >= 0.6 is 0 Å². The smallest absolute Gasteiger partial charge is 0.408 e. The summed E-state index contributed by atoms with van der Waals surface area (Å²) in [4.78, 5) is 28.9. The lowest BCUT2D eigenvalue weighted by Gasteiger charge is -2.34. The Morgan fingerprint density at radius 2 is 1.50 bits per heavy atom. The van der Waals surface area contributed by atoms with Gasteiger partial charge in [0, 0.05) is 18.8 Å². The molecule has 0 saturated heterocycles. The van der Waals surface area contributed by atoms with E-state index in [1.54, 1.807) is 49.4 Å². The van der Waals surface area contributed by atoms with E-state index in [2.05, 4.69) is 4.72 Å². The molecule has 9 nitrogen and oxygen atoms in total. The molecule has 0 radical (unpaired) electrons. The zero-order chi connectivity index (χ0) is 30.7. The number of aliphatic hydroxyl groups is 1. The molecule has 3 aromatic carbocycles. The third kappa shape index (κ3) is 10.2. The number of carbonyl (C=O) groups excluding carboxylic acids is 1. The Kier molecular flexibility index (Phi) is 11.9. The van der Waals surface area contributed by atoms with E-state index >= 15 is 0 Å². The molecule has 3 aromatic rings. The number of sulfonamides is 1. The highest BCUT2D eigenvalue weighted by Crippen LogP contribution is 2.21. The SMILES string of the molecule is CC(C)C[C@@H](C(=O)N(CCCc1ccccc1)CS(=O)(=O)Nc1cccc(C(C)O)c1)N(Cc1ccccc1)C(=O)O. The molecule has 0 aliphatic carbocycles. The van der Waals surface area contributed by atoms with E-state index in [0.29, 0.717) is 18.4 Å². The number of rotatable bonds is 15. The van der Waals surface area contributed by atoms with Crippen molar-refractivity contribution in [2.24, 2.45) is 5.92 Å². The first-order valence-corrected chi connectivity index (χ1v) is 15.7. The molecule has 0 aromatic heterocycles. The number of benzene rings is 3. The summed E-state index contributed by atoms with van der Waals surface area (Å²) in [7, 11) is -4.08. The standard InChI is InChI=1S/C32H41N3O6S/c1-24(2)20-30(35(32(38)39)22-27-14-8-5-9-15-27)31(37)34(19-11-16-26-12-6-4-7-13-26)23-42(40,41)33-29-18-10-17-28(21-29)25(3)36/h4-10,12-15,17-18,21,24-25,30,33,36H,11,16,19-20,22-23H2,1-3H3,(H,38,39)/t25?,30-/m0/s1. The molecule has 0 heterocycles. The lowest BCUT2D eigenvalue weighted by Crippen LogP contribution is -2.52. The van der Waals surface area contributed by atoms with Crippen LogP contribution in [0.5, 0.6) is 0 Å². The first-order valence-electron chi connectivity index (χ1n) is 14.1. The summed E-state index contributed by atoms with van der Waals surface area (Å²) in [5.41, 5.74) is 2.58. The van der Waals surface area contributed by atoms with Gasteiger partial charge in [0.15, 0.2) is 0 Å². The third-order valence-corrected chi connectivity index (χ3v) is 8.01. The predicted molar refractivity (Wildman–Crippen MR) is 164 cm³/mol. The van der Waals surface area contributed by atoms with Crippen molar-refractivity contribution in [3.05, 3.63) is 102 Å². The molecule has 1 unspecified atom stereocenters. The van der Waals surface area contributed by atoms with Crippen LogP contribution in [0.4, 0.5) is 10.5 Å². The number of aliphatic hydroxyl groups excluding tert-OH is 1. The molecule has 226 valence electrons. The van der Waals surface area contributed by atoms with Crippen LogP contribution in [0.25, 0.3) is 0 Å². The molecule has 10 heteroatoms. The number of anilines is 1. The highest BCUT2D eigenvalue weighted by molar-refractivity contribution is 7.92. The van der Waals surface area contributed by atoms with E-state index in [0.717, 1.165) is 16.0 Å². The number of carboxylic acid groups (broad SMARTS) is 1. The first-order chi connectivity index (χ1) is 19.9. The number of hydrogen-bond donors (Lipinski definition) is 3.